The lowest BCUT2D eigenvalue weighted by molar-refractivity contribution is -0.384. The topological polar surface area (TPSA) is 143 Å². The molecule has 4 aromatic rings. The fourth-order valence-corrected chi connectivity index (χ4v) is 4.38. The third kappa shape index (κ3) is 6.33. The SMILES string of the molecule is COc1cc(C=NNC(=O)CSc2nnc(-c3cccc([N+](=O)[O-])c3)n2-c2ccccc2)cc(OC)c1OC. The van der Waals surface area contributed by atoms with Crippen LogP contribution in [0.15, 0.2) is 77.0 Å². The molecular weight excluding hydrogens is 524 g/mol. The predicted octanol–water partition coefficient (Wildman–Crippen LogP) is 4.11. The number of nitro groups is 1. The zero-order valence-corrected chi connectivity index (χ0v) is 22.0. The summed E-state index contributed by atoms with van der Waals surface area (Å²) in [6, 6.07) is 18.8. The maximum Gasteiger partial charge on any atom is 0.270 e. The van der Waals surface area contributed by atoms with Crippen molar-refractivity contribution in [3.63, 3.8) is 0 Å². The highest BCUT2D eigenvalue weighted by atomic mass is 32.2. The summed E-state index contributed by atoms with van der Waals surface area (Å²) in [5.41, 5.74) is 4.32. The molecule has 0 unspecified atom stereocenters. The second kappa shape index (κ2) is 12.6. The fraction of sp³-hybridized carbons (Fsp3) is 0.154. The molecule has 0 radical (unpaired) electrons. The van der Waals surface area contributed by atoms with Gasteiger partial charge in [-0.1, -0.05) is 42.1 Å². The van der Waals surface area contributed by atoms with Gasteiger partial charge in [-0.2, -0.15) is 5.10 Å². The maximum absolute atomic E-state index is 12.5. The molecule has 0 bridgehead atoms. The minimum absolute atomic E-state index is 0.00744. The van der Waals surface area contributed by atoms with Gasteiger partial charge in [-0.3, -0.25) is 19.5 Å². The summed E-state index contributed by atoms with van der Waals surface area (Å²) >= 11 is 1.15. The van der Waals surface area contributed by atoms with Crippen molar-refractivity contribution < 1.29 is 23.9 Å². The second-order valence-electron chi connectivity index (χ2n) is 7.83. The third-order valence-electron chi connectivity index (χ3n) is 5.39. The Hall–Kier alpha value is -4.91. The van der Waals surface area contributed by atoms with Crippen molar-refractivity contribution in [1.29, 1.82) is 0 Å². The zero-order valence-electron chi connectivity index (χ0n) is 21.2. The second-order valence-corrected chi connectivity index (χ2v) is 8.77. The Bertz CT molecular complexity index is 1480. The molecule has 0 aliphatic carbocycles. The van der Waals surface area contributed by atoms with Gasteiger partial charge < -0.3 is 14.2 Å². The van der Waals surface area contributed by atoms with Gasteiger partial charge in [0.1, 0.15) is 0 Å². The summed E-state index contributed by atoms with van der Waals surface area (Å²) in [5, 5.41) is 24.2. The van der Waals surface area contributed by atoms with Crippen molar-refractivity contribution >= 4 is 29.6 Å². The monoisotopic (exact) mass is 548 g/mol. The number of carbonyl (C=O) groups is 1. The first-order chi connectivity index (χ1) is 18.9. The summed E-state index contributed by atoms with van der Waals surface area (Å²) in [7, 11) is 4.53. The van der Waals surface area contributed by atoms with Crippen LogP contribution in [0.2, 0.25) is 0 Å². The molecule has 0 saturated carbocycles. The minimum atomic E-state index is -0.467. The fourth-order valence-electron chi connectivity index (χ4n) is 3.64. The van der Waals surface area contributed by atoms with Crippen LogP contribution >= 0.6 is 11.8 Å². The van der Waals surface area contributed by atoms with Gasteiger partial charge in [-0.05, 0) is 24.3 Å². The van der Waals surface area contributed by atoms with Crippen LogP contribution in [0.5, 0.6) is 17.2 Å². The van der Waals surface area contributed by atoms with Gasteiger partial charge in [-0.15, -0.1) is 10.2 Å². The lowest BCUT2D eigenvalue weighted by Crippen LogP contribution is -2.20. The molecule has 1 heterocycles. The van der Waals surface area contributed by atoms with Gasteiger partial charge in [0, 0.05) is 28.9 Å². The van der Waals surface area contributed by atoms with E-state index >= 15 is 0 Å². The van der Waals surface area contributed by atoms with Gasteiger partial charge in [0.15, 0.2) is 22.5 Å². The first-order valence-electron chi connectivity index (χ1n) is 11.5. The maximum atomic E-state index is 12.5. The van der Waals surface area contributed by atoms with E-state index in [0.717, 1.165) is 17.4 Å². The van der Waals surface area contributed by atoms with Crippen LogP contribution in [0.4, 0.5) is 5.69 Å². The van der Waals surface area contributed by atoms with Crippen LogP contribution in [-0.2, 0) is 4.79 Å². The number of amides is 1. The van der Waals surface area contributed by atoms with Gasteiger partial charge in [-0.25, -0.2) is 5.43 Å². The van der Waals surface area contributed by atoms with Crippen LogP contribution in [0.3, 0.4) is 0 Å². The number of aromatic nitrogens is 3. The molecule has 1 N–H and O–H groups in total. The molecule has 1 amide bonds. The van der Waals surface area contributed by atoms with E-state index in [0.29, 0.717) is 39.4 Å². The van der Waals surface area contributed by atoms with E-state index in [-0.39, 0.29) is 17.3 Å². The number of methoxy groups -OCH3 is 3. The summed E-state index contributed by atoms with van der Waals surface area (Å²) in [4.78, 5) is 23.4. The molecule has 4 rings (SSSR count). The third-order valence-corrected chi connectivity index (χ3v) is 6.31. The number of non-ortho nitro benzene ring substituents is 1. The number of thioether (sulfide) groups is 1. The number of nitro benzene ring substituents is 1. The Morgan fingerprint density at radius 3 is 2.38 bits per heavy atom. The number of ether oxygens (including phenoxy) is 3. The van der Waals surface area contributed by atoms with Gasteiger partial charge in [0.2, 0.25) is 5.75 Å². The van der Waals surface area contributed by atoms with E-state index in [4.69, 9.17) is 14.2 Å². The van der Waals surface area contributed by atoms with Gasteiger partial charge in [0.25, 0.3) is 11.6 Å². The summed E-state index contributed by atoms with van der Waals surface area (Å²) < 4.78 is 17.7. The van der Waals surface area contributed by atoms with E-state index in [1.54, 1.807) is 28.8 Å². The summed E-state index contributed by atoms with van der Waals surface area (Å²) in [6.07, 6.45) is 1.46. The Morgan fingerprint density at radius 2 is 1.74 bits per heavy atom. The average Bonchev–Trinajstić information content (AvgIpc) is 3.40. The van der Waals surface area contributed by atoms with E-state index in [2.05, 4.69) is 20.7 Å². The molecule has 39 heavy (non-hydrogen) atoms. The molecule has 0 atom stereocenters. The molecular formula is C26H24N6O6S. The summed E-state index contributed by atoms with van der Waals surface area (Å²) in [5.74, 6) is 1.40. The Labute approximate surface area is 227 Å². The standard InChI is InChI=1S/C26H24N6O6S/c1-36-21-12-17(13-22(37-2)24(21)38-3)15-27-28-23(33)16-39-26-30-29-25(31(26)19-9-5-4-6-10-19)18-8-7-11-20(14-18)32(34)35/h4-15H,16H2,1-3H3,(H,28,33). The number of carbonyl (C=O) groups excluding carboxylic acids is 1. The smallest absolute Gasteiger partial charge is 0.270 e. The average molecular weight is 549 g/mol. The van der Waals surface area contributed by atoms with Crippen LogP contribution in [-0.4, -0.2) is 58.9 Å². The van der Waals surface area contributed by atoms with E-state index < -0.39 is 4.92 Å². The van der Waals surface area contributed by atoms with E-state index in [9.17, 15) is 14.9 Å². The van der Waals surface area contributed by atoms with Crippen molar-refractivity contribution in [2.24, 2.45) is 5.10 Å². The van der Waals surface area contributed by atoms with Crippen LogP contribution in [0, 0.1) is 10.1 Å². The molecule has 0 aliphatic rings. The first kappa shape index (κ1) is 27.1. The molecule has 0 saturated heterocycles. The van der Waals surface area contributed by atoms with Gasteiger partial charge >= 0.3 is 0 Å². The molecule has 0 spiro atoms. The van der Waals surface area contributed by atoms with Crippen molar-refractivity contribution in [3.05, 3.63) is 82.4 Å². The lowest BCUT2D eigenvalue weighted by Gasteiger charge is -2.12. The van der Waals surface area contributed by atoms with E-state index in [1.165, 1.54) is 39.7 Å². The van der Waals surface area contributed by atoms with Crippen molar-refractivity contribution in [3.8, 4) is 34.3 Å². The molecule has 13 heteroatoms. The van der Waals surface area contributed by atoms with Crippen molar-refractivity contribution in [2.45, 2.75) is 5.16 Å². The van der Waals surface area contributed by atoms with Crippen LogP contribution < -0.4 is 19.6 Å². The number of nitrogens with one attached hydrogen (secondary N) is 1. The molecule has 3 aromatic carbocycles. The number of rotatable bonds is 11. The lowest BCUT2D eigenvalue weighted by atomic mass is 10.2. The number of para-hydroxylation sites is 1. The van der Waals surface area contributed by atoms with Crippen molar-refractivity contribution in [2.75, 3.05) is 27.1 Å². The highest BCUT2D eigenvalue weighted by Gasteiger charge is 2.19. The molecule has 0 fully saturated rings. The Kier molecular flexibility index (Phi) is 8.74. The highest BCUT2D eigenvalue weighted by molar-refractivity contribution is 7.99. The van der Waals surface area contributed by atoms with E-state index in [1.807, 2.05) is 30.3 Å². The van der Waals surface area contributed by atoms with Crippen molar-refractivity contribution in [1.82, 2.24) is 20.2 Å². The van der Waals surface area contributed by atoms with Crippen LogP contribution in [0.25, 0.3) is 17.1 Å². The number of benzene rings is 3. The Morgan fingerprint density at radius 1 is 1.03 bits per heavy atom. The highest BCUT2D eigenvalue weighted by Crippen LogP contribution is 2.37. The number of hydrazone groups is 1. The number of nitrogens with zero attached hydrogens (tertiary/aromatic N) is 5. The Balaban J connectivity index is 1.51. The number of hydrogen-bond donors (Lipinski definition) is 1. The zero-order chi connectivity index (χ0) is 27.8. The quantitative estimate of drug-likeness (QED) is 0.127. The molecule has 0 aliphatic heterocycles. The van der Waals surface area contributed by atoms with Gasteiger partial charge in [0.05, 0.1) is 38.2 Å². The van der Waals surface area contributed by atoms with Crippen LogP contribution in [0.1, 0.15) is 5.56 Å². The summed E-state index contributed by atoms with van der Waals surface area (Å²) in [6.45, 7) is 0. The molecule has 1 aromatic heterocycles. The largest absolute Gasteiger partial charge is 0.493 e. The molecule has 12 nitrogen and oxygen atoms in total. The minimum Gasteiger partial charge on any atom is -0.493 e. The number of hydrogen-bond acceptors (Lipinski definition) is 10. The normalized spacial score (nSPS) is 10.8. The predicted molar refractivity (Wildman–Crippen MR) is 146 cm³/mol. The first-order valence-corrected chi connectivity index (χ1v) is 12.4. The molecule has 200 valence electrons.